The fourth-order valence-corrected chi connectivity index (χ4v) is 2.53. The van der Waals surface area contributed by atoms with Gasteiger partial charge in [-0.05, 0) is 25.0 Å². The summed E-state index contributed by atoms with van der Waals surface area (Å²) in [4.78, 5) is 11.3. The molecular weight excluding hydrogens is 264 g/mol. The molecule has 1 rings (SSSR count). The van der Waals surface area contributed by atoms with Crippen molar-refractivity contribution in [2.75, 3.05) is 6.54 Å². The zero-order chi connectivity index (χ0) is 14.6. The molecule has 0 aliphatic carbocycles. The van der Waals surface area contributed by atoms with Crippen LogP contribution < -0.4 is 10.5 Å². The summed E-state index contributed by atoms with van der Waals surface area (Å²) in [5, 5.41) is 0. The van der Waals surface area contributed by atoms with Gasteiger partial charge in [0.2, 0.25) is 10.0 Å². The molecule has 5 nitrogen and oxygen atoms in total. The highest BCUT2D eigenvalue weighted by atomic mass is 32.2. The Labute approximate surface area is 114 Å². The second kappa shape index (κ2) is 6.27. The molecule has 0 saturated heterocycles. The van der Waals surface area contributed by atoms with Crippen molar-refractivity contribution < 1.29 is 13.2 Å². The molecule has 6 heteroatoms. The van der Waals surface area contributed by atoms with Gasteiger partial charge in [0.1, 0.15) is 0 Å². The van der Waals surface area contributed by atoms with Crippen LogP contribution in [-0.4, -0.2) is 26.8 Å². The first kappa shape index (κ1) is 15.8. The zero-order valence-corrected chi connectivity index (χ0v) is 12.2. The summed E-state index contributed by atoms with van der Waals surface area (Å²) in [6.45, 7) is 5.42. The van der Waals surface area contributed by atoms with E-state index in [9.17, 15) is 13.2 Å². The van der Waals surface area contributed by atoms with E-state index in [-0.39, 0.29) is 29.2 Å². The van der Waals surface area contributed by atoms with Crippen LogP contribution in [0.1, 0.15) is 31.1 Å². The molecule has 0 aliphatic rings. The summed E-state index contributed by atoms with van der Waals surface area (Å²) >= 11 is 0. The van der Waals surface area contributed by atoms with Gasteiger partial charge in [-0.25, -0.2) is 13.1 Å². The lowest BCUT2D eigenvalue weighted by molar-refractivity contribution is 0.101. The Bertz CT molecular complexity index is 553. The second-order valence-electron chi connectivity index (χ2n) is 4.84. The molecular formula is C13H20N2O3S. The summed E-state index contributed by atoms with van der Waals surface area (Å²) in [7, 11) is -3.63. The van der Waals surface area contributed by atoms with Gasteiger partial charge in [-0.2, -0.15) is 0 Å². The summed E-state index contributed by atoms with van der Waals surface area (Å²) in [6.07, 6.45) is 0. The third kappa shape index (κ3) is 4.41. The standard InChI is InChI=1S/C13H20N2O3S/c1-9(2)13(14)8-15-19(17,18)12-6-4-5-11(7-12)10(3)16/h4-7,9,13,15H,8,14H2,1-3H3. The zero-order valence-electron chi connectivity index (χ0n) is 11.4. The number of benzene rings is 1. The maximum atomic E-state index is 12.1. The highest BCUT2D eigenvalue weighted by molar-refractivity contribution is 7.89. The first-order valence-electron chi connectivity index (χ1n) is 6.10. The number of carbonyl (C=O) groups excluding carboxylic acids is 1. The Kier molecular flexibility index (Phi) is 5.22. The molecule has 1 atom stereocenters. The number of rotatable bonds is 6. The molecule has 0 heterocycles. The van der Waals surface area contributed by atoms with Crippen molar-refractivity contribution in [3.8, 4) is 0 Å². The van der Waals surface area contributed by atoms with Crippen molar-refractivity contribution in [3.63, 3.8) is 0 Å². The molecule has 3 N–H and O–H groups in total. The predicted octanol–water partition coefficient (Wildman–Crippen LogP) is 1.15. The van der Waals surface area contributed by atoms with Gasteiger partial charge in [0.05, 0.1) is 4.90 Å². The average Bonchev–Trinajstić information content (AvgIpc) is 2.36. The van der Waals surface area contributed by atoms with Gasteiger partial charge in [-0.1, -0.05) is 26.0 Å². The van der Waals surface area contributed by atoms with Crippen molar-refractivity contribution in [1.82, 2.24) is 4.72 Å². The monoisotopic (exact) mass is 284 g/mol. The lowest BCUT2D eigenvalue weighted by Gasteiger charge is -2.16. The predicted molar refractivity (Wildman–Crippen MR) is 74.4 cm³/mol. The number of nitrogens with two attached hydrogens (primary N) is 1. The molecule has 0 bridgehead atoms. The number of carbonyl (C=O) groups is 1. The third-order valence-corrected chi connectivity index (χ3v) is 4.34. The molecule has 106 valence electrons. The number of nitrogens with one attached hydrogen (secondary N) is 1. The molecule has 0 amide bonds. The Hall–Kier alpha value is -1.24. The summed E-state index contributed by atoms with van der Waals surface area (Å²) < 4.78 is 26.6. The highest BCUT2D eigenvalue weighted by Gasteiger charge is 2.17. The van der Waals surface area contributed by atoms with E-state index in [4.69, 9.17) is 5.73 Å². The first-order valence-corrected chi connectivity index (χ1v) is 7.58. The van der Waals surface area contributed by atoms with Crippen LogP contribution in [-0.2, 0) is 10.0 Å². The van der Waals surface area contributed by atoms with Gasteiger partial charge in [0.15, 0.2) is 5.78 Å². The van der Waals surface area contributed by atoms with Gasteiger partial charge < -0.3 is 5.73 Å². The van der Waals surface area contributed by atoms with E-state index in [0.29, 0.717) is 5.56 Å². The van der Waals surface area contributed by atoms with Gasteiger partial charge in [-0.3, -0.25) is 4.79 Å². The van der Waals surface area contributed by atoms with E-state index in [2.05, 4.69) is 4.72 Å². The first-order chi connectivity index (χ1) is 8.74. The lowest BCUT2D eigenvalue weighted by Crippen LogP contribution is -2.40. The van der Waals surface area contributed by atoms with E-state index in [1.54, 1.807) is 12.1 Å². The topological polar surface area (TPSA) is 89.3 Å². The molecule has 0 radical (unpaired) electrons. The summed E-state index contributed by atoms with van der Waals surface area (Å²) in [5.74, 6) is 0.0159. The minimum absolute atomic E-state index is 0.0798. The molecule has 19 heavy (non-hydrogen) atoms. The van der Waals surface area contributed by atoms with Crippen molar-refractivity contribution in [2.45, 2.75) is 31.7 Å². The molecule has 0 saturated carbocycles. The van der Waals surface area contributed by atoms with Gasteiger partial charge in [0, 0.05) is 18.2 Å². The van der Waals surface area contributed by atoms with Crippen LogP contribution in [0.2, 0.25) is 0 Å². The van der Waals surface area contributed by atoms with Crippen molar-refractivity contribution >= 4 is 15.8 Å². The Morgan fingerprint density at radius 1 is 1.37 bits per heavy atom. The van der Waals surface area contributed by atoms with Gasteiger partial charge >= 0.3 is 0 Å². The van der Waals surface area contributed by atoms with Crippen molar-refractivity contribution in [3.05, 3.63) is 29.8 Å². The third-order valence-electron chi connectivity index (χ3n) is 2.92. The maximum Gasteiger partial charge on any atom is 0.240 e. The molecule has 1 aromatic carbocycles. The SMILES string of the molecule is CC(=O)c1cccc(S(=O)(=O)NCC(N)C(C)C)c1. The van der Waals surface area contributed by atoms with Crippen LogP contribution in [0.4, 0.5) is 0 Å². The summed E-state index contributed by atoms with van der Waals surface area (Å²) in [6, 6.07) is 5.71. The Balaban J connectivity index is 2.89. The maximum absolute atomic E-state index is 12.1. The number of sulfonamides is 1. The van der Waals surface area contributed by atoms with Crippen LogP contribution in [0.25, 0.3) is 0 Å². The Morgan fingerprint density at radius 3 is 2.53 bits per heavy atom. The number of hydrogen-bond donors (Lipinski definition) is 2. The van der Waals surface area contributed by atoms with Crippen LogP contribution >= 0.6 is 0 Å². The molecule has 0 aliphatic heterocycles. The largest absolute Gasteiger partial charge is 0.326 e. The lowest BCUT2D eigenvalue weighted by atomic mass is 10.1. The average molecular weight is 284 g/mol. The Morgan fingerprint density at radius 2 is 2.00 bits per heavy atom. The normalized spacial score (nSPS) is 13.5. The van der Waals surface area contributed by atoms with E-state index >= 15 is 0 Å². The fourth-order valence-electron chi connectivity index (χ4n) is 1.41. The molecule has 0 spiro atoms. The molecule has 1 unspecified atom stereocenters. The minimum Gasteiger partial charge on any atom is -0.326 e. The van der Waals surface area contributed by atoms with Crippen LogP contribution in [0.15, 0.2) is 29.2 Å². The molecule has 0 fully saturated rings. The number of hydrogen-bond acceptors (Lipinski definition) is 4. The molecule has 1 aromatic rings. The number of ketones is 1. The minimum atomic E-state index is -3.63. The van der Waals surface area contributed by atoms with Gasteiger partial charge in [-0.15, -0.1) is 0 Å². The summed E-state index contributed by atoms with van der Waals surface area (Å²) in [5.41, 5.74) is 6.17. The van der Waals surface area contributed by atoms with Crippen LogP contribution in [0.3, 0.4) is 0 Å². The van der Waals surface area contributed by atoms with E-state index in [1.165, 1.54) is 19.1 Å². The number of Topliss-reactive ketones (excluding diaryl/α,β-unsaturated/α-hetero) is 1. The molecule has 0 aromatic heterocycles. The smallest absolute Gasteiger partial charge is 0.240 e. The van der Waals surface area contributed by atoms with E-state index < -0.39 is 10.0 Å². The van der Waals surface area contributed by atoms with Crippen LogP contribution in [0, 0.1) is 5.92 Å². The van der Waals surface area contributed by atoms with Crippen LogP contribution in [0.5, 0.6) is 0 Å². The van der Waals surface area contributed by atoms with Crippen molar-refractivity contribution in [1.29, 1.82) is 0 Å². The quantitative estimate of drug-likeness (QED) is 0.767. The highest BCUT2D eigenvalue weighted by Crippen LogP contribution is 2.12. The van der Waals surface area contributed by atoms with E-state index in [1.807, 2.05) is 13.8 Å². The van der Waals surface area contributed by atoms with Crippen molar-refractivity contribution in [2.24, 2.45) is 11.7 Å². The van der Waals surface area contributed by atoms with Gasteiger partial charge in [0.25, 0.3) is 0 Å². The fraction of sp³-hybridized carbons (Fsp3) is 0.462. The van der Waals surface area contributed by atoms with E-state index in [0.717, 1.165) is 0 Å². The second-order valence-corrected chi connectivity index (χ2v) is 6.61.